The number of anilines is 1. The number of carbonyl (C=O) groups excluding carboxylic acids is 3. The van der Waals surface area contributed by atoms with E-state index < -0.39 is 80.9 Å². The van der Waals surface area contributed by atoms with Gasteiger partial charge in [0.1, 0.15) is 11.7 Å². The molecule has 262 valence electrons. The van der Waals surface area contributed by atoms with Crippen molar-refractivity contribution in [3.05, 3.63) is 44.0 Å². The van der Waals surface area contributed by atoms with Crippen molar-refractivity contribution in [2.75, 3.05) is 18.9 Å². The highest BCUT2D eigenvalue weighted by Crippen LogP contribution is 2.20. The second-order valence-corrected chi connectivity index (χ2v) is 13.5. The minimum Gasteiger partial charge on any atom is -0.503 e. The van der Waals surface area contributed by atoms with Crippen LogP contribution in [0.15, 0.2) is 32.4 Å². The fourth-order valence-corrected chi connectivity index (χ4v) is 5.89. The maximum atomic E-state index is 13.3. The summed E-state index contributed by atoms with van der Waals surface area (Å²) in [6.07, 6.45) is 1.65. The molecule has 3 aromatic rings. The first-order valence-electron chi connectivity index (χ1n) is 14.1. The molecule has 4 amide bonds. The summed E-state index contributed by atoms with van der Waals surface area (Å²) in [6, 6.07) is -1.95. The highest BCUT2D eigenvalue weighted by Gasteiger charge is 2.44. The van der Waals surface area contributed by atoms with Crippen LogP contribution in [0.2, 0.25) is 0 Å². The summed E-state index contributed by atoms with van der Waals surface area (Å²) >= 11 is 0.934. The number of β-lactam (4-membered cyclic amide) rings is 1. The molecule has 7 N–H and O–H groups in total. The van der Waals surface area contributed by atoms with E-state index in [9.17, 15) is 47.4 Å². The number of aromatic nitrogens is 5. The molecule has 22 nitrogen and oxygen atoms in total. The number of pyridine rings is 1. The number of nitrogens with zero attached hydrogens (tertiary/aromatic N) is 6. The molecule has 0 aromatic carbocycles. The van der Waals surface area contributed by atoms with Gasteiger partial charge in [0.05, 0.1) is 24.9 Å². The number of ether oxygens (including phenoxy) is 1. The predicted octanol–water partition coefficient (Wildman–Crippen LogP) is -2.26. The van der Waals surface area contributed by atoms with Crippen LogP contribution in [0.4, 0.5) is 9.93 Å². The first-order valence-corrected chi connectivity index (χ1v) is 16.4. The Morgan fingerprint density at radius 1 is 1.29 bits per heavy atom. The molecular weight excluding hydrogens is 696 g/mol. The Balaban J connectivity index is 1.31. The fourth-order valence-electron chi connectivity index (χ4n) is 4.43. The van der Waals surface area contributed by atoms with E-state index in [2.05, 4.69) is 25.5 Å². The lowest BCUT2D eigenvalue weighted by atomic mass is 10.1. The molecule has 1 unspecified atom stereocenters. The number of hydrogen-bond acceptors (Lipinski definition) is 16. The van der Waals surface area contributed by atoms with Crippen LogP contribution in [0.1, 0.15) is 32.4 Å². The second kappa shape index (κ2) is 13.1. The maximum Gasteiger partial charge on any atom is 0.362 e. The van der Waals surface area contributed by atoms with Gasteiger partial charge in [-0.05, 0) is 26.7 Å². The molecule has 0 saturated carbocycles. The number of carboxylic acids is 1. The van der Waals surface area contributed by atoms with Gasteiger partial charge in [-0.3, -0.25) is 23.9 Å². The van der Waals surface area contributed by atoms with Gasteiger partial charge in [0.2, 0.25) is 11.0 Å². The maximum absolute atomic E-state index is 13.3. The third-order valence-corrected chi connectivity index (χ3v) is 8.96. The molecule has 0 bridgehead atoms. The number of rotatable bonds is 11. The number of nitrogens with two attached hydrogens (primary N) is 1. The Bertz CT molecular complexity index is 2090. The molecule has 24 heteroatoms. The standard InChI is InChI=1S/C25H28N10O12S2/c1-25(2,21(40)41)47-31-17(14-10-48-22(26)29-14)19(38)28-13-9-34(20(13)39)23(42)32-49(44,45)35-24(43)33(8-11-4-3-5-46-11)18(30-35)12-6-15(36)16(37)7-27-12/h6-7,10-11,13,37H,3-5,8-9H2,1-2H3,(H2,26,29)(H,27,36)(H,28,38)(H,32,42)(H,40,41)/b31-17-/t11?,13-/m0/s1. The normalized spacial score (nSPS) is 18.2. The number of nitrogen functional groups attached to an aromatic ring is 1. The molecule has 0 spiro atoms. The molecule has 2 atom stereocenters. The molecule has 2 saturated heterocycles. The number of thiazole rings is 1. The van der Waals surface area contributed by atoms with Gasteiger partial charge < -0.3 is 35.8 Å². The summed E-state index contributed by atoms with van der Waals surface area (Å²) in [5, 5.41) is 29.9. The minimum absolute atomic E-state index is 0.0369. The molecular formula is C25H28N10O12S2. The van der Waals surface area contributed by atoms with E-state index in [1.807, 2.05) is 0 Å². The van der Waals surface area contributed by atoms with Crippen molar-refractivity contribution in [3.8, 4) is 17.3 Å². The predicted molar refractivity (Wildman–Crippen MR) is 166 cm³/mol. The fraction of sp³-hybridized carbons (Fsp3) is 0.400. The summed E-state index contributed by atoms with van der Waals surface area (Å²) in [5.41, 5.74) is 0.914. The van der Waals surface area contributed by atoms with E-state index in [4.69, 9.17) is 15.3 Å². The summed E-state index contributed by atoms with van der Waals surface area (Å²) in [5.74, 6) is -4.47. The molecule has 49 heavy (non-hydrogen) atoms. The van der Waals surface area contributed by atoms with Crippen molar-refractivity contribution in [3.63, 3.8) is 0 Å². The summed E-state index contributed by atoms with van der Waals surface area (Å²) in [7, 11) is -5.11. The van der Waals surface area contributed by atoms with Gasteiger partial charge in [-0.25, -0.2) is 24.1 Å². The molecule has 2 aliphatic heterocycles. The number of amides is 4. The van der Waals surface area contributed by atoms with Gasteiger partial charge in [0, 0.05) is 24.3 Å². The number of aromatic amines is 1. The highest BCUT2D eigenvalue weighted by molar-refractivity contribution is 7.88. The second-order valence-electron chi connectivity index (χ2n) is 11.1. The van der Waals surface area contributed by atoms with Gasteiger partial charge >= 0.3 is 27.9 Å². The Kier molecular flexibility index (Phi) is 9.29. The monoisotopic (exact) mass is 724 g/mol. The topological polar surface area (TPSA) is 313 Å². The average Bonchev–Trinajstić information content (AvgIpc) is 3.78. The molecule has 2 fully saturated rings. The van der Waals surface area contributed by atoms with Crippen LogP contribution in [-0.4, -0.2) is 108 Å². The number of hydrogen-bond donors (Lipinski definition) is 6. The molecule has 0 radical (unpaired) electrons. The first kappa shape index (κ1) is 34.7. The number of oxime groups is 1. The van der Waals surface area contributed by atoms with Gasteiger partial charge in [0.15, 0.2) is 22.4 Å². The number of nitrogens with one attached hydrogen (secondary N) is 3. The zero-order chi connectivity index (χ0) is 35.8. The third-order valence-electron chi connectivity index (χ3n) is 7.16. The smallest absolute Gasteiger partial charge is 0.362 e. The Hall–Kier alpha value is -5.62. The number of H-pyrrole nitrogens is 1. The van der Waals surface area contributed by atoms with Gasteiger partial charge in [-0.15, -0.1) is 16.4 Å². The number of carboxylic acid groups (broad SMARTS) is 1. The van der Waals surface area contributed by atoms with Crippen LogP contribution >= 0.6 is 11.3 Å². The van der Waals surface area contributed by atoms with E-state index in [0.717, 1.165) is 28.2 Å². The van der Waals surface area contributed by atoms with Gasteiger partial charge in [-0.2, -0.15) is 8.42 Å². The zero-order valence-electron chi connectivity index (χ0n) is 25.5. The Morgan fingerprint density at radius 2 is 2.02 bits per heavy atom. The molecule has 3 aromatic heterocycles. The van der Waals surface area contributed by atoms with Crippen LogP contribution in [-0.2, 0) is 40.7 Å². The summed E-state index contributed by atoms with van der Waals surface area (Å²) < 4.78 is 34.4. The zero-order valence-corrected chi connectivity index (χ0v) is 27.1. The molecule has 5 rings (SSSR count). The number of aliphatic carboxylic acids is 1. The van der Waals surface area contributed by atoms with E-state index in [1.54, 1.807) is 4.72 Å². The number of carbonyl (C=O) groups is 4. The van der Waals surface area contributed by atoms with E-state index in [-0.39, 0.29) is 33.0 Å². The van der Waals surface area contributed by atoms with Crippen LogP contribution in [0.25, 0.3) is 11.5 Å². The molecule has 0 aliphatic carbocycles. The minimum atomic E-state index is -5.11. The van der Waals surface area contributed by atoms with Crippen molar-refractivity contribution in [1.29, 1.82) is 0 Å². The van der Waals surface area contributed by atoms with Crippen LogP contribution in [0.3, 0.4) is 0 Å². The number of aromatic hydroxyl groups is 1. The van der Waals surface area contributed by atoms with E-state index in [0.29, 0.717) is 24.3 Å². The van der Waals surface area contributed by atoms with Crippen LogP contribution in [0, 0.1) is 0 Å². The first-order chi connectivity index (χ1) is 23.0. The largest absolute Gasteiger partial charge is 0.503 e. The lowest BCUT2D eigenvalue weighted by Gasteiger charge is -2.36. The molecule has 5 heterocycles. The highest BCUT2D eigenvalue weighted by atomic mass is 32.2. The quantitative estimate of drug-likeness (QED) is 0.0690. The average molecular weight is 725 g/mol. The van der Waals surface area contributed by atoms with Crippen molar-refractivity contribution >= 4 is 56.2 Å². The third kappa shape index (κ3) is 7.14. The van der Waals surface area contributed by atoms with Crippen molar-refractivity contribution in [1.82, 2.24) is 38.7 Å². The lowest BCUT2D eigenvalue weighted by Crippen LogP contribution is -2.68. The Morgan fingerprint density at radius 3 is 2.61 bits per heavy atom. The number of likely N-dealkylation sites (tertiary alicyclic amines) is 1. The number of urea groups is 1. The van der Waals surface area contributed by atoms with Crippen molar-refractivity contribution in [2.24, 2.45) is 5.16 Å². The van der Waals surface area contributed by atoms with Crippen molar-refractivity contribution in [2.45, 2.75) is 51.0 Å². The number of imide groups is 1. The van der Waals surface area contributed by atoms with Crippen LogP contribution < -0.4 is 26.9 Å². The SMILES string of the molecule is CC(C)(O/N=C(\C(=O)N[C@H]1CN(C(=O)NS(=O)(=O)n2nc(-c3cc(=O)c(O)c[nH]3)n(CC3CCCO3)c2=O)C1=O)c1csc(N)n1)C(=O)O. The summed E-state index contributed by atoms with van der Waals surface area (Å²) in [4.78, 5) is 87.3. The summed E-state index contributed by atoms with van der Waals surface area (Å²) in [6.45, 7) is 2.05. The lowest BCUT2D eigenvalue weighted by molar-refractivity contribution is -0.161. The van der Waals surface area contributed by atoms with Crippen LogP contribution in [0.5, 0.6) is 5.75 Å². The Labute approximate surface area is 278 Å². The van der Waals surface area contributed by atoms with E-state index in [1.165, 1.54) is 19.2 Å². The molecule has 2 aliphatic rings. The van der Waals surface area contributed by atoms with Crippen molar-refractivity contribution < 1.29 is 47.4 Å². The van der Waals surface area contributed by atoms with E-state index >= 15 is 0 Å². The van der Waals surface area contributed by atoms with Gasteiger partial charge in [-0.1, -0.05) is 9.24 Å². The van der Waals surface area contributed by atoms with Gasteiger partial charge in [0.25, 0.3) is 11.8 Å².